The molecule has 2 aromatic heterocycles. The molecule has 0 spiro atoms. The van der Waals surface area contributed by atoms with Gasteiger partial charge < -0.3 is 19.2 Å². The van der Waals surface area contributed by atoms with Gasteiger partial charge in [0, 0.05) is 67.6 Å². The lowest BCUT2D eigenvalue weighted by Crippen LogP contribution is -2.30. The first kappa shape index (κ1) is 19.4. The molecule has 1 atom stereocenters. The summed E-state index contributed by atoms with van der Waals surface area (Å²) in [5.41, 5.74) is 3.56. The lowest BCUT2D eigenvalue weighted by Gasteiger charge is -2.26. The molecular weight excluding hydrogens is 376 g/mol. The Bertz CT molecular complexity index is 1030. The van der Waals surface area contributed by atoms with Crippen LogP contribution in [0.5, 0.6) is 0 Å². The number of hydrogen-bond acceptors (Lipinski definition) is 3. The van der Waals surface area contributed by atoms with Crippen LogP contribution in [-0.2, 0) is 16.0 Å². The van der Waals surface area contributed by atoms with E-state index in [0.29, 0.717) is 18.4 Å². The molecule has 2 aliphatic heterocycles. The Labute approximate surface area is 177 Å². The van der Waals surface area contributed by atoms with Gasteiger partial charge in [0.25, 0.3) is 0 Å². The zero-order valence-electron chi connectivity index (χ0n) is 17.6. The maximum absolute atomic E-state index is 12.9. The summed E-state index contributed by atoms with van der Waals surface area (Å²) in [4.78, 5) is 23.0. The number of carbonyl (C=O) groups excluding carboxylic acids is 1. The van der Waals surface area contributed by atoms with Crippen molar-refractivity contribution in [3.63, 3.8) is 0 Å². The van der Waals surface area contributed by atoms with E-state index in [1.54, 1.807) is 0 Å². The summed E-state index contributed by atoms with van der Waals surface area (Å²) in [6.45, 7) is 5.40. The van der Waals surface area contributed by atoms with Gasteiger partial charge in [-0.2, -0.15) is 0 Å². The van der Waals surface area contributed by atoms with Crippen molar-refractivity contribution >= 4 is 16.8 Å². The molecule has 0 radical (unpaired) electrons. The Hall–Kier alpha value is -2.60. The number of imidazole rings is 1. The molecule has 0 saturated carbocycles. The van der Waals surface area contributed by atoms with Gasteiger partial charge in [0.1, 0.15) is 5.82 Å². The molecule has 1 amide bonds. The molecule has 2 aliphatic rings. The average molecular weight is 407 g/mol. The first-order chi connectivity index (χ1) is 14.7. The molecule has 2 saturated heterocycles. The van der Waals surface area contributed by atoms with Crippen molar-refractivity contribution in [1.29, 1.82) is 0 Å². The first-order valence-electron chi connectivity index (χ1n) is 11.1. The standard InChI is InChI=1S/C24H30N4O2/c1-17-14-26-24(18-9-12-30-13-10-18)28(17)20-8-11-27(16-20)23(29)7-6-19-15-25-22-5-3-2-4-21(19)22/h2-5,14-15,18,20,25H,6-13,16H2,1H3. The normalized spacial score (nSPS) is 20.3. The molecule has 3 aromatic rings. The zero-order valence-corrected chi connectivity index (χ0v) is 17.6. The fourth-order valence-electron chi connectivity index (χ4n) is 5.11. The lowest BCUT2D eigenvalue weighted by molar-refractivity contribution is -0.130. The van der Waals surface area contributed by atoms with E-state index < -0.39 is 0 Å². The number of aryl methyl sites for hydroxylation is 2. The molecule has 6 heteroatoms. The number of amides is 1. The zero-order chi connectivity index (χ0) is 20.5. The van der Waals surface area contributed by atoms with Crippen molar-refractivity contribution in [2.45, 2.75) is 51.0 Å². The monoisotopic (exact) mass is 406 g/mol. The predicted molar refractivity (Wildman–Crippen MR) is 117 cm³/mol. The molecule has 1 aromatic carbocycles. The average Bonchev–Trinajstić information content (AvgIpc) is 3.51. The number of para-hydroxylation sites is 1. The van der Waals surface area contributed by atoms with Crippen LogP contribution in [0.15, 0.2) is 36.7 Å². The number of likely N-dealkylation sites (tertiary alicyclic amines) is 1. The predicted octanol–water partition coefficient (Wildman–Crippen LogP) is 3.97. The highest BCUT2D eigenvalue weighted by Gasteiger charge is 2.31. The molecule has 2 fully saturated rings. The molecule has 4 heterocycles. The van der Waals surface area contributed by atoms with Crippen LogP contribution in [0.1, 0.15) is 54.7 Å². The van der Waals surface area contributed by atoms with E-state index >= 15 is 0 Å². The SMILES string of the molecule is Cc1cnc(C2CCOCC2)n1C1CCN(C(=O)CCc2c[nH]c3ccccc23)C1. The molecule has 30 heavy (non-hydrogen) atoms. The van der Waals surface area contributed by atoms with E-state index in [4.69, 9.17) is 9.72 Å². The van der Waals surface area contributed by atoms with Crippen LogP contribution < -0.4 is 0 Å². The fourth-order valence-corrected chi connectivity index (χ4v) is 5.11. The minimum Gasteiger partial charge on any atom is -0.381 e. The molecule has 1 N–H and O–H groups in total. The van der Waals surface area contributed by atoms with Gasteiger partial charge in [0.05, 0.1) is 6.04 Å². The highest BCUT2D eigenvalue weighted by atomic mass is 16.5. The number of rotatable bonds is 5. The number of aromatic amines is 1. The summed E-state index contributed by atoms with van der Waals surface area (Å²) in [7, 11) is 0. The van der Waals surface area contributed by atoms with Gasteiger partial charge in [0.15, 0.2) is 0 Å². The number of ether oxygens (including phenoxy) is 1. The van der Waals surface area contributed by atoms with Crippen LogP contribution in [0.2, 0.25) is 0 Å². The molecule has 0 aliphatic carbocycles. The number of hydrogen-bond donors (Lipinski definition) is 1. The first-order valence-corrected chi connectivity index (χ1v) is 11.1. The van der Waals surface area contributed by atoms with Gasteiger partial charge in [0.2, 0.25) is 5.91 Å². The summed E-state index contributed by atoms with van der Waals surface area (Å²) in [5.74, 6) is 1.92. The summed E-state index contributed by atoms with van der Waals surface area (Å²) < 4.78 is 7.94. The van der Waals surface area contributed by atoms with Crippen LogP contribution in [0.25, 0.3) is 10.9 Å². The highest BCUT2D eigenvalue weighted by Crippen LogP contribution is 2.32. The third-order valence-corrected chi connectivity index (χ3v) is 6.76. The molecule has 158 valence electrons. The van der Waals surface area contributed by atoms with E-state index in [2.05, 4.69) is 34.7 Å². The number of benzene rings is 1. The second-order valence-electron chi connectivity index (χ2n) is 8.66. The maximum atomic E-state index is 12.9. The summed E-state index contributed by atoms with van der Waals surface area (Å²) in [5, 5.41) is 1.22. The Morgan fingerprint density at radius 1 is 1.23 bits per heavy atom. The largest absolute Gasteiger partial charge is 0.381 e. The summed E-state index contributed by atoms with van der Waals surface area (Å²) >= 11 is 0. The number of nitrogens with zero attached hydrogens (tertiary/aromatic N) is 3. The van der Waals surface area contributed by atoms with Crippen LogP contribution in [-0.4, -0.2) is 51.6 Å². The van der Waals surface area contributed by atoms with Crippen molar-refractivity contribution in [3.8, 4) is 0 Å². The number of H-pyrrole nitrogens is 1. The fraction of sp³-hybridized carbons (Fsp3) is 0.500. The van der Waals surface area contributed by atoms with Gasteiger partial charge in [-0.05, 0) is 44.2 Å². The Kier molecular flexibility index (Phi) is 5.34. The van der Waals surface area contributed by atoms with E-state index in [-0.39, 0.29) is 5.91 Å². The third kappa shape index (κ3) is 3.65. The second kappa shape index (κ2) is 8.26. The lowest BCUT2D eigenvalue weighted by atomic mass is 9.99. The minimum atomic E-state index is 0.258. The number of nitrogens with one attached hydrogen (secondary N) is 1. The van der Waals surface area contributed by atoms with Gasteiger partial charge in [-0.15, -0.1) is 0 Å². The Morgan fingerprint density at radius 2 is 2.07 bits per heavy atom. The Balaban J connectivity index is 1.24. The maximum Gasteiger partial charge on any atom is 0.222 e. The molecule has 1 unspecified atom stereocenters. The molecular formula is C24H30N4O2. The number of carbonyl (C=O) groups is 1. The Morgan fingerprint density at radius 3 is 2.93 bits per heavy atom. The van der Waals surface area contributed by atoms with Gasteiger partial charge in [-0.25, -0.2) is 4.98 Å². The quantitative estimate of drug-likeness (QED) is 0.697. The van der Waals surface area contributed by atoms with Crippen molar-refractivity contribution in [1.82, 2.24) is 19.4 Å². The van der Waals surface area contributed by atoms with Crippen LogP contribution in [0, 0.1) is 6.92 Å². The third-order valence-electron chi connectivity index (χ3n) is 6.76. The van der Waals surface area contributed by atoms with Gasteiger partial charge in [-0.1, -0.05) is 18.2 Å². The van der Waals surface area contributed by atoms with Crippen molar-refractivity contribution in [3.05, 3.63) is 53.7 Å². The van der Waals surface area contributed by atoms with Crippen molar-refractivity contribution < 1.29 is 9.53 Å². The summed E-state index contributed by atoms with van der Waals surface area (Å²) in [6.07, 6.45) is 8.46. The minimum absolute atomic E-state index is 0.258. The van der Waals surface area contributed by atoms with E-state index in [1.807, 2.05) is 23.4 Å². The van der Waals surface area contributed by atoms with Gasteiger partial charge >= 0.3 is 0 Å². The topological polar surface area (TPSA) is 63.1 Å². The van der Waals surface area contributed by atoms with E-state index in [1.165, 1.54) is 22.5 Å². The van der Waals surface area contributed by atoms with Crippen LogP contribution in [0.4, 0.5) is 0 Å². The van der Waals surface area contributed by atoms with E-state index in [0.717, 1.165) is 57.5 Å². The molecule has 5 rings (SSSR count). The van der Waals surface area contributed by atoms with Crippen molar-refractivity contribution in [2.24, 2.45) is 0 Å². The summed E-state index contributed by atoms with van der Waals surface area (Å²) in [6, 6.07) is 8.62. The van der Waals surface area contributed by atoms with Crippen LogP contribution in [0.3, 0.4) is 0 Å². The molecule has 0 bridgehead atoms. The highest BCUT2D eigenvalue weighted by molar-refractivity contribution is 5.84. The second-order valence-corrected chi connectivity index (χ2v) is 8.66. The van der Waals surface area contributed by atoms with E-state index in [9.17, 15) is 4.79 Å². The number of fused-ring (bicyclic) bond motifs is 1. The van der Waals surface area contributed by atoms with Gasteiger partial charge in [-0.3, -0.25) is 4.79 Å². The van der Waals surface area contributed by atoms with Crippen LogP contribution >= 0.6 is 0 Å². The smallest absolute Gasteiger partial charge is 0.222 e. The van der Waals surface area contributed by atoms with Crippen molar-refractivity contribution in [2.75, 3.05) is 26.3 Å². The molecule has 6 nitrogen and oxygen atoms in total. The number of aromatic nitrogens is 3.